The minimum Gasteiger partial charge on any atom is -0.493 e. The number of urea groups is 1. The standard InChI is InChI=1S/C25H31FN2O5/c1-31-21-15-18-12-14-28(25(30)27-13-6-4-5-7-23(29)33-3)24(20(18)16-22(21)32-2)17-8-10-19(26)11-9-17/h8-11,15-16,24H,4-7,12-14H2,1-3H3,(H,27,30). The van der Waals surface area contributed by atoms with E-state index in [0.29, 0.717) is 37.4 Å². The molecule has 2 aromatic carbocycles. The van der Waals surface area contributed by atoms with Crippen molar-refractivity contribution in [3.63, 3.8) is 0 Å². The van der Waals surface area contributed by atoms with E-state index >= 15 is 0 Å². The number of carbonyl (C=O) groups excluding carboxylic acids is 2. The Bertz CT molecular complexity index is 964. The number of nitrogens with one attached hydrogen (secondary N) is 1. The molecule has 0 saturated carbocycles. The molecule has 1 aliphatic heterocycles. The molecule has 1 heterocycles. The first-order valence-electron chi connectivity index (χ1n) is 11.1. The van der Waals surface area contributed by atoms with E-state index in [4.69, 9.17) is 9.47 Å². The number of fused-ring (bicyclic) bond motifs is 1. The van der Waals surface area contributed by atoms with E-state index in [1.165, 1.54) is 19.2 Å². The van der Waals surface area contributed by atoms with Crippen LogP contribution in [0.4, 0.5) is 9.18 Å². The highest BCUT2D eigenvalue weighted by Gasteiger charge is 2.33. The van der Waals surface area contributed by atoms with Crippen molar-refractivity contribution in [1.29, 1.82) is 0 Å². The van der Waals surface area contributed by atoms with Crippen molar-refractivity contribution < 1.29 is 28.2 Å². The number of nitrogens with zero attached hydrogens (tertiary/aromatic N) is 1. The van der Waals surface area contributed by atoms with Gasteiger partial charge in [-0.15, -0.1) is 0 Å². The van der Waals surface area contributed by atoms with Crippen LogP contribution >= 0.6 is 0 Å². The van der Waals surface area contributed by atoms with Gasteiger partial charge >= 0.3 is 12.0 Å². The van der Waals surface area contributed by atoms with Gasteiger partial charge in [-0.25, -0.2) is 9.18 Å². The van der Waals surface area contributed by atoms with Crippen LogP contribution in [0.5, 0.6) is 11.5 Å². The molecule has 3 rings (SSSR count). The number of esters is 1. The number of benzene rings is 2. The second-order valence-electron chi connectivity index (χ2n) is 7.92. The number of methoxy groups -OCH3 is 3. The Morgan fingerprint density at radius 3 is 2.39 bits per heavy atom. The summed E-state index contributed by atoms with van der Waals surface area (Å²) < 4.78 is 29.2. The van der Waals surface area contributed by atoms with Crippen molar-refractivity contribution in [3.8, 4) is 11.5 Å². The maximum absolute atomic E-state index is 13.6. The van der Waals surface area contributed by atoms with E-state index in [-0.39, 0.29) is 23.9 Å². The molecule has 178 valence electrons. The molecule has 7 nitrogen and oxygen atoms in total. The summed E-state index contributed by atoms with van der Waals surface area (Å²) in [5, 5.41) is 2.99. The van der Waals surface area contributed by atoms with Gasteiger partial charge in [0.1, 0.15) is 5.82 Å². The number of ether oxygens (including phenoxy) is 3. The predicted octanol–water partition coefficient (Wildman–Crippen LogP) is 4.23. The maximum Gasteiger partial charge on any atom is 0.318 e. The lowest BCUT2D eigenvalue weighted by Gasteiger charge is -2.38. The van der Waals surface area contributed by atoms with E-state index in [2.05, 4.69) is 10.1 Å². The van der Waals surface area contributed by atoms with Crippen molar-refractivity contribution in [1.82, 2.24) is 10.2 Å². The molecule has 8 heteroatoms. The van der Waals surface area contributed by atoms with Gasteiger partial charge in [-0.05, 0) is 60.2 Å². The lowest BCUT2D eigenvalue weighted by atomic mass is 9.88. The van der Waals surface area contributed by atoms with E-state index < -0.39 is 0 Å². The molecule has 0 fully saturated rings. The number of carbonyl (C=O) groups is 2. The van der Waals surface area contributed by atoms with Crippen LogP contribution in [0.2, 0.25) is 0 Å². The minimum atomic E-state index is -0.381. The third kappa shape index (κ3) is 5.94. The van der Waals surface area contributed by atoms with Crippen molar-refractivity contribution in [2.24, 2.45) is 0 Å². The Morgan fingerprint density at radius 1 is 1.03 bits per heavy atom. The molecule has 2 aromatic rings. The fraction of sp³-hybridized carbons (Fsp3) is 0.440. The minimum absolute atomic E-state index is 0.183. The quantitative estimate of drug-likeness (QED) is 0.449. The molecule has 33 heavy (non-hydrogen) atoms. The van der Waals surface area contributed by atoms with Crippen LogP contribution in [0.3, 0.4) is 0 Å². The molecule has 0 saturated heterocycles. The summed E-state index contributed by atoms with van der Waals surface area (Å²) in [5.74, 6) is 0.667. The second-order valence-corrected chi connectivity index (χ2v) is 7.92. The molecule has 2 amide bonds. The zero-order valence-corrected chi connectivity index (χ0v) is 19.4. The van der Waals surface area contributed by atoms with Gasteiger partial charge in [-0.2, -0.15) is 0 Å². The van der Waals surface area contributed by atoms with Crippen LogP contribution in [0.25, 0.3) is 0 Å². The highest BCUT2D eigenvalue weighted by Crippen LogP contribution is 2.41. The highest BCUT2D eigenvalue weighted by atomic mass is 19.1. The van der Waals surface area contributed by atoms with Gasteiger partial charge in [0.15, 0.2) is 11.5 Å². The Morgan fingerprint density at radius 2 is 1.73 bits per heavy atom. The third-order valence-electron chi connectivity index (χ3n) is 5.88. The summed E-state index contributed by atoms with van der Waals surface area (Å²) in [4.78, 5) is 26.1. The number of hydrogen-bond donors (Lipinski definition) is 1. The molecular formula is C25H31FN2O5. The smallest absolute Gasteiger partial charge is 0.318 e. The molecule has 1 atom stereocenters. The zero-order chi connectivity index (χ0) is 23.8. The van der Waals surface area contributed by atoms with Crippen molar-refractivity contribution in [2.45, 2.75) is 38.1 Å². The lowest BCUT2D eigenvalue weighted by molar-refractivity contribution is -0.140. The largest absolute Gasteiger partial charge is 0.493 e. The van der Waals surface area contributed by atoms with E-state index in [1.54, 1.807) is 31.3 Å². The summed E-state index contributed by atoms with van der Waals surface area (Å²) in [6.45, 7) is 1.02. The Kier molecular flexibility index (Phi) is 8.52. The molecule has 1 N–H and O–H groups in total. The molecule has 0 aromatic heterocycles. The van der Waals surface area contributed by atoms with E-state index in [0.717, 1.165) is 36.0 Å². The Hall–Kier alpha value is -3.29. The number of halogens is 1. The molecule has 1 unspecified atom stereocenters. The summed E-state index contributed by atoms with van der Waals surface area (Å²) in [7, 11) is 4.54. The Balaban J connectivity index is 1.77. The first kappa shape index (κ1) is 24.4. The lowest BCUT2D eigenvalue weighted by Crippen LogP contribution is -2.46. The fourth-order valence-corrected chi connectivity index (χ4v) is 4.14. The van der Waals surface area contributed by atoms with Gasteiger partial charge in [-0.3, -0.25) is 4.79 Å². The molecule has 0 aliphatic carbocycles. The summed E-state index contributed by atoms with van der Waals surface area (Å²) in [6, 6.07) is 9.50. The van der Waals surface area contributed by atoms with Crippen molar-refractivity contribution >= 4 is 12.0 Å². The number of hydrogen-bond acceptors (Lipinski definition) is 5. The van der Waals surface area contributed by atoms with Crippen LogP contribution in [0.1, 0.15) is 48.4 Å². The zero-order valence-electron chi connectivity index (χ0n) is 19.4. The first-order chi connectivity index (χ1) is 16.0. The monoisotopic (exact) mass is 458 g/mol. The number of amides is 2. The van der Waals surface area contributed by atoms with Gasteiger partial charge < -0.3 is 24.4 Å². The summed E-state index contributed by atoms with van der Waals surface area (Å²) in [5.41, 5.74) is 2.81. The normalized spacial score (nSPS) is 14.9. The molecule has 0 bridgehead atoms. The van der Waals surface area contributed by atoms with Gasteiger partial charge in [0, 0.05) is 19.5 Å². The highest BCUT2D eigenvalue weighted by molar-refractivity contribution is 5.76. The fourth-order valence-electron chi connectivity index (χ4n) is 4.14. The summed E-state index contributed by atoms with van der Waals surface area (Å²) >= 11 is 0. The van der Waals surface area contributed by atoms with Gasteiger partial charge in [0.05, 0.1) is 27.4 Å². The molecule has 0 radical (unpaired) electrons. The van der Waals surface area contributed by atoms with E-state index in [1.807, 2.05) is 12.1 Å². The molecule has 1 aliphatic rings. The Labute approximate surface area is 193 Å². The number of unbranched alkanes of at least 4 members (excludes halogenated alkanes) is 2. The SMILES string of the molecule is COC(=O)CCCCCNC(=O)N1CCc2cc(OC)c(OC)cc2C1c1ccc(F)cc1. The second kappa shape index (κ2) is 11.5. The summed E-state index contributed by atoms with van der Waals surface area (Å²) in [6.07, 6.45) is 3.35. The van der Waals surface area contributed by atoms with Crippen LogP contribution in [-0.4, -0.2) is 51.3 Å². The van der Waals surface area contributed by atoms with Gasteiger partial charge in [0.2, 0.25) is 0 Å². The third-order valence-corrected chi connectivity index (χ3v) is 5.88. The van der Waals surface area contributed by atoms with Crippen LogP contribution < -0.4 is 14.8 Å². The van der Waals surface area contributed by atoms with Gasteiger partial charge in [0.25, 0.3) is 0 Å². The van der Waals surface area contributed by atoms with Crippen LogP contribution in [0, 0.1) is 5.82 Å². The average Bonchev–Trinajstić information content (AvgIpc) is 2.84. The topological polar surface area (TPSA) is 77.1 Å². The molecule has 0 spiro atoms. The van der Waals surface area contributed by atoms with Gasteiger partial charge in [-0.1, -0.05) is 18.6 Å². The van der Waals surface area contributed by atoms with Crippen LogP contribution in [-0.2, 0) is 16.0 Å². The maximum atomic E-state index is 13.6. The number of rotatable bonds is 9. The first-order valence-corrected chi connectivity index (χ1v) is 11.1. The molecular weight excluding hydrogens is 427 g/mol. The van der Waals surface area contributed by atoms with E-state index in [9.17, 15) is 14.0 Å². The van der Waals surface area contributed by atoms with Crippen molar-refractivity contribution in [2.75, 3.05) is 34.4 Å². The van der Waals surface area contributed by atoms with Crippen LogP contribution in [0.15, 0.2) is 36.4 Å². The predicted molar refractivity (Wildman–Crippen MR) is 122 cm³/mol. The van der Waals surface area contributed by atoms with Crippen molar-refractivity contribution in [3.05, 3.63) is 58.9 Å². The average molecular weight is 459 g/mol.